The van der Waals surface area contributed by atoms with Gasteiger partial charge in [0.05, 0.1) is 22.6 Å². The lowest BCUT2D eigenvalue weighted by Gasteiger charge is -2.40. The highest BCUT2D eigenvalue weighted by Gasteiger charge is 2.45. The minimum absolute atomic E-state index is 0.0132. The van der Waals surface area contributed by atoms with Gasteiger partial charge in [0, 0.05) is 31.1 Å². The van der Waals surface area contributed by atoms with Crippen LogP contribution in [0, 0.1) is 12.8 Å². The summed E-state index contributed by atoms with van der Waals surface area (Å²) in [4.78, 5) is 52.4. The molecule has 1 unspecified atom stereocenters. The van der Waals surface area contributed by atoms with Crippen LogP contribution in [-0.2, 0) is 23.9 Å². The Labute approximate surface area is 202 Å². The van der Waals surface area contributed by atoms with Crippen molar-refractivity contribution in [3.05, 3.63) is 59.2 Å². The number of amides is 4. The molecule has 0 aromatic heterocycles. The van der Waals surface area contributed by atoms with Crippen molar-refractivity contribution in [3.63, 3.8) is 0 Å². The van der Waals surface area contributed by atoms with Gasteiger partial charge in [0.1, 0.15) is 6.04 Å². The molecule has 2 aromatic rings. The van der Waals surface area contributed by atoms with Crippen molar-refractivity contribution >= 4 is 39.4 Å². The highest BCUT2D eigenvalue weighted by Crippen LogP contribution is 2.33. The smallest absolute Gasteiger partial charge is 0.296 e. The van der Waals surface area contributed by atoms with Crippen molar-refractivity contribution in [1.82, 2.24) is 10.2 Å². The lowest BCUT2D eigenvalue weighted by Crippen LogP contribution is -2.54. The molecule has 0 bridgehead atoms. The number of aryl methyl sites for hydroxylation is 1. The Morgan fingerprint density at radius 2 is 1.66 bits per heavy atom. The fraction of sp³-hybridized carbons (Fsp3) is 0.333. The summed E-state index contributed by atoms with van der Waals surface area (Å²) in [6, 6.07) is 10.3. The van der Waals surface area contributed by atoms with Gasteiger partial charge in [-0.25, -0.2) is 0 Å². The Morgan fingerprint density at radius 3 is 2.34 bits per heavy atom. The van der Waals surface area contributed by atoms with Crippen LogP contribution < -0.4 is 10.2 Å². The number of piperidine rings is 1. The Balaban J connectivity index is 1.22. The van der Waals surface area contributed by atoms with Crippen LogP contribution in [0.4, 0.5) is 5.69 Å². The summed E-state index contributed by atoms with van der Waals surface area (Å²) >= 11 is 0. The molecule has 0 saturated carbocycles. The molecule has 10 nitrogen and oxygen atoms in total. The van der Waals surface area contributed by atoms with Gasteiger partial charge in [-0.1, -0.05) is 17.7 Å². The molecule has 4 amide bonds. The maximum absolute atomic E-state index is 13.0. The minimum atomic E-state index is -3.84. The average molecular weight is 498 g/mol. The van der Waals surface area contributed by atoms with Gasteiger partial charge in [0.15, 0.2) is 0 Å². The first-order chi connectivity index (χ1) is 16.6. The first-order valence-corrected chi connectivity index (χ1v) is 12.6. The number of imide groups is 2. The van der Waals surface area contributed by atoms with Crippen LogP contribution in [-0.4, -0.2) is 62.7 Å². The Kier molecular flexibility index (Phi) is 5.68. The second-order valence-electron chi connectivity index (χ2n) is 9.00. The molecular formula is C24H23N3O7S. The van der Waals surface area contributed by atoms with Crippen molar-refractivity contribution in [1.29, 1.82) is 0 Å². The van der Waals surface area contributed by atoms with Gasteiger partial charge < -0.3 is 4.90 Å². The molecule has 11 heteroatoms. The number of nitrogens with zero attached hydrogens (tertiary/aromatic N) is 2. The van der Waals surface area contributed by atoms with E-state index in [4.69, 9.17) is 4.18 Å². The first kappa shape index (κ1) is 23.2. The van der Waals surface area contributed by atoms with Gasteiger partial charge in [-0.2, -0.15) is 8.42 Å². The van der Waals surface area contributed by atoms with Crippen molar-refractivity contribution in [2.75, 3.05) is 24.6 Å². The predicted molar refractivity (Wildman–Crippen MR) is 123 cm³/mol. The van der Waals surface area contributed by atoms with E-state index >= 15 is 0 Å². The molecule has 3 aliphatic heterocycles. The molecular weight excluding hydrogens is 474 g/mol. The van der Waals surface area contributed by atoms with Crippen LogP contribution in [0.3, 0.4) is 0 Å². The van der Waals surface area contributed by atoms with Gasteiger partial charge in [0.25, 0.3) is 21.9 Å². The van der Waals surface area contributed by atoms with E-state index in [1.54, 1.807) is 30.3 Å². The Bertz CT molecular complexity index is 1350. The maximum Gasteiger partial charge on any atom is 0.296 e. The number of rotatable bonds is 6. The van der Waals surface area contributed by atoms with Gasteiger partial charge in [0.2, 0.25) is 11.8 Å². The highest BCUT2D eigenvalue weighted by atomic mass is 32.2. The number of fused-ring (bicyclic) bond motifs is 1. The van der Waals surface area contributed by atoms with Gasteiger partial charge >= 0.3 is 0 Å². The molecule has 0 spiro atoms. The number of carbonyl (C=O) groups excluding carboxylic acids is 4. The van der Waals surface area contributed by atoms with E-state index in [1.165, 1.54) is 12.1 Å². The van der Waals surface area contributed by atoms with E-state index in [1.807, 2.05) is 11.8 Å². The topological polar surface area (TPSA) is 130 Å². The molecule has 2 aromatic carbocycles. The number of anilines is 1. The summed E-state index contributed by atoms with van der Waals surface area (Å²) in [7, 11) is -3.84. The van der Waals surface area contributed by atoms with Crippen molar-refractivity contribution in [2.45, 2.75) is 30.7 Å². The van der Waals surface area contributed by atoms with Crippen LogP contribution in [0.5, 0.6) is 0 Å². The van der Waals surface area contributed by atoms with Crippen molar-refractivity contribution in [2.24, 2.45) is 5.92 Å². The zero-order chi connectivity index (χ0) is 24.9. The monoisotopic (exact) mass is 497 g/mol. The molecule has 2 saturated heterocycles. The quantitative estimate of drug-likeness (QED) is 0.466. The first-order valence-electron chi connectivity index (χ1n) is 11.2. The standard InChI is InChI=1S/C24H23N3O7S/c1-14-2-5-17(6-3-14)35(32,33)34-13-15-11-26(12-15)16-4-7-18-19(10-16)24(31)27(23(18)30)20-8-9-21(28)25-22(20)29/h2-7,10,15,20H,8-9,11-13H2,1H3,(H,25,28,29). The van der Waals surface area contributed by atoms with Crippen LogP contribution in [0.1, 0.15) is 39.1 Å². The second-order valence-corrected chi connectivity index (χ2v) is 10.6. The van der Waals surface area contributed by atoms with Gasteiger partial charge in [-0.15, -0.1) is 0 Å². The average Bonchev–Trinajstić information content (AvgIpc) is 3.03. The number of hydrogen-bond donors (Lipinski definition) is 1. The summed E-state index contributed by atoms with van der Waals surface area (Å²) in [6.07, 6.45) is 0.161. The zero-order valence-electron chi connectivity index (χ0n) is 18.9. The minimum Gasteiger partial charge on any atom is -0.371 e. The van der Waals surface area contributed by atoms with Crippen molar-refractivity contribution in [3.8, 4) is 0 Å². The SMILES string of the molecule is Cc1ccc(S(=O)(=O)OCC2CN(c3ccc4c(c3)C(=O)N(C3CCC(=O)NC3=O)C4=O)C2)cc1. The van der Waals surface area contributed by atoms with E-state index < -0.39 is 39.8 Å². The largest absolute Gasteiger partial charge is 0.371 e. The van der Waals surface area contributed by atoms with Crippen LogP contribution in [0.2, 0.25) is 0 Å². The van der Waals surface area contributed by atoms with E-state index in [2.05, 4.69) is 5.32 Å². The molecule has 182 valence electrons. The third-order valence-electron chi connectivity index (χ3n) is 6.51. The number of hydrogen-bond acceptors (Lipinski definition) is 8. The van der Waals surface area contributed by atoms with E-state index in [0.29, 0.717) is 18.8 Å². The fourth-order valence-corrected chi connectivity index (χ4v) is 5.48. The second kappa shape index (κ2) is 8.58. The molecule has 3 aliphatic rings. The summed E-state index contributed by atoms with van der Waals surface area (Å²) in [5.74, 6) is -2.20. The summed E-state index contributed by atoms with van der Waals surface area (Å²) in [6.45, 7) is 2.97. The lowest BCUT2D eigenvalue weighted by molar-refractivity contribution is -0.136. The summed E-state index contributed by atoms with van der Waals surface area (Å²) in [5.41, 5.74) is 2.09. The van der Waals surface area contributed by atoms with Crippen LogP contribution in [0.25, 0.3) is 0 Å². The highest BCUT2D eigenvalue weighted by molar-refractivity contribution is 7.86. The Morgan fingerprint density at radius 1 is 0.971 bits per heavy atom. The van der Waals surface area contributed by atoms with Gasteiger partial charge in [-0.05, 0) is 43.7 Å². The molecule has 1 N–H and O–H groups in total. The van der Waals surface area contributed by atoms with E-state index in [0.717, 1.165) is 10.5 Å². The van der Waals surface area contributed by atoms with Gasteiger partial charge in [-0.3, -0.25) is 33.6 Å². The third-order valence-corrected chi connectivity index (χ3v) is 7.81. The molecule has 35 heavy (non-hydrogen) atoms. The molecule has 0 radical (unpaired) electrons. The Hall–Kier alpha value is -3.57. The molecule has 5 rings (SSSR count). The number of carbonyl (C=O) groups is 4. The number of benzene rings is 2. The third kappa shape index (κ3) is 4.21. The number of nitrogens with one attached hydrogen (secondary N) is 1. The lowest BCUT2D eigenvalue weighted by atomic mass is 9.99. The normalized spacial score (nSPS) is 20.7. The van der Waals surface area contributed by atoms with E-state index in [-0.39, 0.29) is 41.4 Å². The predicted octanol–water partition coefficient (Wildman–Crippen LogP) is 1.24. The molecule has 2 fully saturated rings. The summed E-state index contributed by atoms with van der Waals surface area (Å²) < 4.78 is 30.0. The summed E-state index contributed by atoms with van der Waals surface area (Å²) in [5, 5.41) is 2.18. The molecule has 1 atom stereocenters. The molecule has 3 heterocycles. The van der Waals surface area contributed by atoms with Crippen LogP contribution >= 0.6 is 0 Å². The fourth-order valence-electron chi connectivity index (χ4n) is 4.50. The van der Waals surface area contributed by atoms with Crippen molar-refractivity contribution < 1.29 is 31.8 Å². The van der Waals surface area contributed by atoms with Crippen LogP contribution in [0.15, 0.2) is 47.4 Å². The zero-order valence-corrected chi connectivity index (χ0v) is 19.7. The maximum atomic E-state index is 13.0. The van der Waals surface area contributed by atoms with E-state index in [9.17, 15) is 27.6 Å². The molecule has 0 aliphatic carbocycles.